The van der Waals surface area contributed by atoms with Crippen molar-refractivity contribution in [1.29, 1.82) is 0 Å². The van der Waals surface area contributed by atoms with Crippen molar-refractivity contribution in [2.75, 3.05) is 0 Å². The first-order valence-corrected chi connectivity index (χ1v) is 7.65. The SMILES string of the molecule is OC(Cc1ncc[nH]1)C(O)(c1ccccc1)C1CCCC1. The van der Waals surface area contributed by atoms with Crippen LogP contribution in [0.1, 0.15) is 37.1 Å². The maximum absolute atomic E-state index is 11.4. The number of hydrogen-bond donors (Lipinski definition) is 3. The van der Waals surface area contributed by atoms with Crippen LogP contribution in [0.2, 0.25) is 0 Å². The highest BCUT2D eigenvalue weighted by Crippen LogP contribution is 2.43. The molecule has 112 valence electrons. The van der Waals surface area contributed by atoms with Gasteiger partial charge in [0.25, 0.3) is 0 Å². The highest BCUT2D eigenvalue weighted by atomic mass is 16.3. The number of rotatable bonds is 5. The van der Waals surface area contributed by atoms with E-state index in [1.54, 1.807) is 12.4 Å². The number of aromatic nitrogens is 2. The Morgan fingerprint density at radius 1 is 1.24 bits per heavy atom. The summed E-state index contributed by atoms with van der Waals surface area (Å²) in [6.07, 6.45) is 7.02. The van der Waals surface area contributed by atoms with Gasteiger partial charge in [-0.25, -0.2) is 4.98 Å². The van der Waals surface area contributed by atoms with Crippen molar-refractivity contribution in [2.45, 2.75) is 43.8 Å². The zero-order chi connectivity index (χ0) is 14.7. The van der Waals surface area contributed by atoms with Crippen molar-refractivity contribution in [2.24, 2.45) is 5.92 Å². The van der Waals surface area contributed by atoms with E-state index in [-0.39, 0.29) is 5.92 Å². The number of imidazole rings is 1. The fourth-order valence-electron chi connectivity index (χ4n) is 3.52. The minimum absolute atomic E-state index is 0.102. The number of nitrogens with zero attached hydrogens (tertiary/aromatic N) is 1. The van der Waals surface area contributed by atoms with Gasteiger partial charge < -0.3 is 15.2 Å². The van der Waals surface area contributed by atoms with E-state index in [1.807, 2.05) is 30.3 Å². The lowest BCUT2D eigenvalue weighted by molar-refractivity contribution is -0.119. The van der Waals surface area contributed by atoms with Crippen LogP contribution in [0.5, 0.6) is 0 Å². The molecule has 1 fully saturated rings. The van der Waals surface area contributed by atoms with Gasteiger partial charge in [-0.2, -0.15) is 0 Å². The molecule has 1 heterocycles. The smallest absolute Gasteiger partial charge is 0.119 e. The molecule has 1 saturated carbocycles. The van der Waals surface area contributed by atoms with E-state index in [2.05, 4.69) is 9.97 Å². The summed E-state index contributed by atoms with van der Waals surface area (Å²) < 4.78 is 0. The van der Waals surface area contributed by atoms with Gasteiger partial charge in [0.1, 0.15) is 11.4 Å². The molecule has 2 atom stereocenters. The minimum atomic E-state index is -1.20. The zero-order valence-corrected chi connectivity index (χ0v) is 12.1. The third-order valence-electron chi connectivity index (χ3n) is 4.66. The van der Waals surface area contributed by atoms with Crippen LogP contribution < -0.4 is 0 Å². The molecule has 1 aromatic heterocycles. The van der Waals surface area contributed by atoms with Gasteiger partial charge in [0.05, 0.1) is 6.10 Å². The standard InChI is InChI=1S/C17H22N2O2/c20-15(12-16-18-10-11-19-16)17(21,14-8-4-5-9-14)13-6-2-1-3-7-13/h1-3,6-7,10-11,14-15,20-21H,4-5,8-9,12H2,(H,18,19). The highest BCUT2D eigenvalue weighted by Gasteiger charge is 2.45. The zero-order valence-electron chi connectivity index (χ0n) is 12.1. The Morgan fingerprint density at radius 3 is 2.57 bits per heavy atom. The molecule has 4 nitrogen and oxygen atoms in total. The fourth-order valence-corrected chi connectivity index (χ4v) is 3.52. The third-order valence-corrected chi connectivity index (χ3v) is 4.66. The van der Waals surface area contributed by atoms with Gasteiger partial charge in [-0.1, -0.05) is 43.2 Å². The molecule has 1 aliphatic carbocycles. The van der Waals surface area contributed by atoms with Crippen molar-refractivity contribution >= 4 is 0 Å². The first-order valence-electron chi connectivity index (χ1n) is 7.65. The molecule has 3 N–H and O–H groups in total. The summed E-state index contributed by atoms with van der Waals surface area (Å²) in [5.74, 6) is 0.805. The monoisotopic (exact) mass is 286 g/mol. The van der Waals surface area contributed by atoms with Gasteiger partial charge in [0.2, 0.25) is 0 Å². The summed E-state index contributed by atoms with van der Waals surface area (Å²) in [4.78, 5) is 7.16. The van der Waals surface area contributed by atoms with E-state index >= 15 is 0 Å². The van der Waals surface area contributed by atoms with Gasteiger partial charge in [0, 0.05) is 18.8 Å². The van der Waals surface area contributed by atoms with Gasteiger partial charge >= 0.3 is 0 Å². The summed E-state index contributed by atoms with van der Waals surface area (Å²) in [6, 6.07) is 9.56. The molecule has 2 aromatic rings. The molecule has 0 bridgehead atoms. The normalized spacial score (nSPS) is 20.3. The largest absolute Gasteiger partial charge is 0.389 e. The second kappa shape index (κ2) is 6.00. The van der Waals surface area contributed by atoms with Gasteiger partial charge in [-0.05, 0) is 24.3 Å². The van der Waals surface area contributed by atoms with Gasteiger partial charge in [-0.15, -0.1) is 0 Å². The first-order chi connectivity index (χ1) is 10.2. The van der Waals surface area contributed by atoms with Crippen LogP contribution in [0.4, 0.5) is 0 Å². The van der Waals surface area contributed by atoms with Crippen LogP contribution in [-0.4, -0.2) is 26.3 Å². The lowest BCUT2D eigenvalue weighted by Gasteiger charge is -2.38. The lowest BCUT2D eigenvalue weighted by Crippen LogP contribution is -2.46. The molecule has 2 unspecified atom stereocenters. The quantitative estimate of drug-likeness (QED) is 0.790. The van der Waals surface area contributed by atoms with E-state index in [9.17, 15) is 10.2 Å². The Balaban J connectivity index is 1.91. The van der Waals surface area contributed by atoms with E-state index < -0.39 is 11.7 Å². The number of hydrogen-bond acceptors (Lipinski definition) is 3. The predicted molar refractivity (Wildman–Crippen MR) is 80.6 cm³/mol. The molecule has 3 rings (SSSR count). The fraction of sp³-hybridized carbons (Fsp3) is 0.471. The molecule has 1 aromatic carbocycles. The Bertz CT molecular complexity index is 549. The Labute approximate surface area is 124 Å². The number of aliphatic hydroxyl groups is 2. The van der Waals surface area contributed by atoms with Crippen LogP contribution in [0.15, 0.2) is 42.7 Å². The summed E-state index contributed by atoms with van der Waals surface area (Å²) in [6.45, 7) is 0. The number of aliphatic hydroxyl groups excluding tert-OH is 1. The van der Waals surface area contributed by atoms with E-state index in [0.717, 1.165) is 31.2 Å². The molecular weight excluding hydrogens is 264 g/mol. The maximum atomic E-state index is 11.4. The number of H-pyrrole nitrogens is 1. The summed E-state index contributed by atoms with van der Waals surface area (Å²) >= 11 is 0. The Kier molecular flexibility index (Phi) is 4.08. The molecular formula is C17H22N2O2. The van der Waals surface area contributed by atoms with Crippen molar-refractivity contribution in [1.82, 2.24) is 9.97 Å². The predicted octanol–water partition coefficient (Wildman–Crippen LogP) is 2.39. The van der Waals surface area contributed by atoms with Gasteiger partial charge in [0.15, 0.2) is 0 Å². The van der Waals surface area contributed by atoms with E-state index in [1.165, 1.54) is 0 Å². The van der Waals surface area contributed by atoms with Crippen molar-refractivity contribution in [3.8, 4) is 0 Å². The summed E-state index contributed by atoms with van der Waals surface area (Å²) in [7, 11) is 0. The molecule has 0 radical (unpaired) electrons. The topological polar surface area (TPSA) is 69.1 Å². The second-order valence-electron chi connectivity index (χ2n) is 5.93. The average molecular weight is 286 g/mol. The number of nitrogens with one attached hydrogen (secondary N) is 1. The Hall–Kier alpha value is -1.65. The molecule has 21 heavy (non-hydrogen) atoms. The van der Waals surface area contributed by atoms with E-state index in [0.29, 0.717) is 12.2 Å². The van der Waals surface area contributed by atoms with Crippen LogP contribution in [-0.2, 0) is 12.0 Å². The van der Waals surface area contributed by atoms with Crippen molar-refractivity contribution in [3.63, 3.8) is 0 Å². The highest BCUT2D eigenvalue weighted by molar-refractivity contribution is 5.26. The average Bonchev–Trinajstić information content (AvgIpc) is 3.20. The van der Waals surface area contributed by atoms with Crippen LogP contribution in [0.3, 0.4) is 0 Å². The number of aromatic amines is 1. The summed E-state index contributed by atoms with van der Waals surface area (Å²) in [5, 5.41) is 22.1. The third kappa shape index (κ3) is 2.74. The molecule has 0 amide bonds. The molecule has 0 aliphatic heterocycles. The maximum Gasteiger partial charge on any atom is 0.119 e. The summed E-state index contributed by atoms with van der Waals surface area (Å²) in [5.41, 5.74) is -0.402. The first kappa shape index (κ1) is 14.3. The van der Waals surface area contributed by atoms with Crippen molar-refractivity contribution in [3.05, 3.63) is 54.1 Å². The molecule has 4 heteroatoms. The molecule has 0 saturated heterocycles. The van der Waals surface area contributed by atoms with Gasteiger partial charge in [-0.3, -0.25) is 0 Å². The van der Waals surface area contributed by atoms with E-state index in [4.69, 9.17) is 0 Å². The van der Waals surface area contributed by atoms with Crippen LogP contribution in [0, 0.1) is 5.92 Å². The Morgan fingerprint density at radius 2 is 1.95 bits per heavy atom. The number of benzene rings is 1. The minimum Gasteiger partial charge on any atom is -0.389 e. The molecule has 0 spiro atoms. The molecule has 1 aliphatic rings. The van der Waals surface area contributed by atoms with Crippen LogP contribution >= 0.6 is 0 Å². The van der Waals surface area contributed by atoms with Crippen LogP contribution in [0.25, 0.3) is 0 Å². The lowest BCUT2D eigenvalue weighted by atomic mass is 9.75. The van der Waals surface area contributed by atoms with Crippen molar-refractivity contribution < 1.29 is 10.2 Å². The second-order valence-corrected chi connectivity index (χ2v) is 5.93.